The topological polar surface area (TPSA) is 103 Å². The lowest BCUT2D eigenvalue weighted by molar-refractivity contribution is 0.660. The second-order valence-electron chi connectivity index (χ2n) is 35.0. The number of para-hydroxylation sites is 1. The summed E-state index contributed by atoms with van der Waals surface area (Å²) in [6.45, 7) is 11.4. The maximum absolute atomic E-state index is 6.59. The van der Waals surface area contributed by atoms with Gasteiger partial charge in [0.25, 0.3) is 0 Å². The molecule has 4 aromatic heterocycles. The van der Waals surface area contributed by atoms with E-state index >= 15 is 0 Å². The largest absolute Gasteiger partial charge is 0.455 e. The van der Waals surface area contributed by atoms with Gasteiger partial charge in [-0.15, -0.1) is 0 Å². The van der Waals surface area contributed by atoms with Crippen molar-refractivity contribution in [3.05, 3.63) is 452 Å². The van der Waals surface area contributed by atoms with E-state index in [-0.39, 0.29) is 10.8 Å². The highest BCUT2D eigenvalue weighted by Crippen LogP contribution is 2.54. The van der Waals surface area contributed by atoms with Gasteiger partial charge in [0, 0.05) is 77.1 Å². The molecule has 0 fully saturated rings. The molecule has 2 aliphatic carbocycles. The number of benzene rings is 19. The zero-order valence-corrected chi connectivity index (χ0v) is 72.5. The standard InChI is InChI=1S/C46H33N.C45H27N3O.C31H25N3/c1-46(2)42-24-9-8-22-38(42)39-25-26-40-41(44(39)46)29-43(47-45(40)31-14-4-3-5-15-31)35-20-11-18-33(28-35)32-17-10-19-34(27-32)37-23-12-16-30-13-6-7-21-36(30)37;1-2-14-30(15-3-1)43-46-44(48-45(47-43)38-22-11-21-34-33-18-7-5-13-29(33)24-25-36(34)38)31-26-39(35-20-10-16-28-12-4-6-17-32(28)35)42-40(27-31)37-19-8-9-23-41(37)49-42;1-20-13-15-22(16-14-20)29-32-28(21-9-5-4-6-10-21)33-30(34-29)23-17-18-25-24-11-7-8-12-26(24)31(2,3)27(25)19-23/h3-29H,1-2H3;1-27H;4-19H,1-3H3. The minimum absolute atomic E-state index is 0.0724. The molecule has 0 N–H and O–H groups in total. The first-order valence-corrected chi connectivity index (χ1v) is 44.5. The van der Waals surface area contributed by atoms with Crippen LogP contribution in [-0.4, -0.2) is 34.9 Å². The van der Waals surface area contributed by atoms with Crippen LogP contribution in [-0.2, 0) is 10.8 Å². The lowest BCUT2D eigenvalue weighted by Crippen LogP contribution is -2.15. The summed E-state index contributed by atoms with van der Waals surface area (Å²) in [6.07, 6.45) is 0. The van der Waals surface area contributed by atoms with Crippen LogP contribution in [0.1, 0.15) is 55.5 Å². The molecule has 0 aliphatic heterocycles. The molecule has 25 rings (SSSR count). The molecule has 8 heteroatoms. The molecular weight excluding hydrogens is 1580 g/mol. The molecule has 0 radical (unpaired) electrons. The van der Waals surface area contributed by atoms with Crippen LogP contribution in [0.2, 0.25) is 0 Å². The van der Waals surface area contributed by atoms with Gasteiger partial charge in [0.2, 0.25) is 0 Å². The van der Waals surface area contributed by atoms with Gasteiger partial charge >= 0.3 is 0 Å². The van der Waals surface area contributed by atoms with Gasteiger partial charge in [0.1, 0.15) is 11.2 Å². The van der Waals surface area contributed by atoms with Crippen LogP contribution in [0.15, 0.2) is 429 Å². The molecule has 0 atom stereocenters. The van der Waals surface area contributed by atoms with Gasteiger partial charge in [-0.3, -0.25) is 0 Å². The Bertz CT molecular complexity index is 8420. The van der Waals surface area contributed by atoms with E-state index in [0.29, 0.717) is 34.9 Å². The Kier molecular flexibility index (Phi) is 19.3. The van der Waals surface area contributed by atoms with E-state index in [2.05, 4.69) is 386 Å². The second kappa shape index (κ2) is 32.1. The summed E-state index contributed by atoms with van der Waals surface area (Å²) in [7, 11) is 0. The van der Waals surface area contributed by atoms with E-state index in [4.69, 9.17) is 39.3 Å². The van der Waals surface area contributed by atoms with Gasteiger partial charge in [-0.25, -0.2) is 34.9 Å². The minimum atomic E-state index is -0.123. The van der Waals surface area contributed by atoms with Gasteiger partial charge in [-0.2, -0.15) is 0 Å². The molecule has 0 saturated carbocycles. The van der Waals surface area contributed by atoms with Crippen molar-refractivity contribution in [2.75, 3.05) is 0 Å². The Morgan fingerprint density at radius 2 is 0.631 bits per heavy atom. The quantitative estimate of drug-likeness (QED) is 0.118. The molecule has 614 valence electrons. The zero-order valence-electron chi connectivity index (χ0n) is 72.5. The number of hydrogen-bond acceptors (Lipinski definition) is 8. The number of pyridine rings is 1. The number of rotatable bonds is 11. The summed E-state index contributed by atoms with van der Waals surface area (Å²) >= 11 is 0. The lowest BCUT2D eigenvalue weighted by atomic mass is 9.80. The SMILES string of the molecule is CC1(C)c2ccccc2-c2ccc3c(-c4ccccc4)nc(-c4cccc(-c5cccc(-c6cccc7ccccc67)c5)c4)cc3c21.Cc1ccc(-c2nc(-c3ccccc3)nc(-c3ccc4c(c3)C(C)(C)c3ccccc3-4)n2)cc1.c1ccc(-c2nc(-c3cc(-c4cccc5ccccc45)c4oc5ccccc5c4c3)nc(-c3cccc4c3ccc3ccccc34)n2)cc1. The molecule has 0 spiro atoms. The van der Waals surface area contributed by atoms with Crippen molar-refractivity contribution < 1.29 is 4.42 Å². The summed E-state index contributed by atoms with van der Waals surface area (Å²) in [4.78, 5) is 35.6. The molecule has 8 nitrogen and oxygen atoms in total. The predicted molar refractivity (Wildman–Crippen MR) is 538 cm³/mol. The van der Waals surface area contributed by atoms with Crippen molar-refractivity contribution in [3.8, 4) is 146 Å². The number of aromatic nitrogens is 7. The smallest absolute Gasteiger partial charge is 0.164 e. The third-order valence-corrected chi connectivity index (χ3v) is 26.4. The van der Waals surface area contributed by atoms with Crippen molar-refractivity contribution in [2.24, 2.45) is 0 Å². The van der Waals surface area contributed by atoms with E-state index in [1.54, 1.807) is 0 Å². The highest BCUT2D eigenvalue weighted by atomic mass is 16.3. The lowest BCUT2D eigenvalue weighted by Gasteiger charge is -2.24. The third kappa shape index (κ3) is 13.9. The Balaban J connectivity index is 0.000000113. The van der Waals surface area contributed by atoms with Crippen LogP contribution in [0.5, 0.6) is 0 Å². The zero-order chi connectivity index (χ0) is 87.1. The van der Waals surface area contributed by atoms with Crippen molar-refractivity contribution in [1.29, 1.82) is 0 Å². The van der Waals surface area contributed by atoms with Crippen LogP contribution >= 0.6 is 0 Å². The number of aryl methyl sites for hydroxylation is 1. The molecule has 130 heavy (non-hydrogen) atoms. The predicted octanol–water partition coefficient (Wildman–Crippen LogP) is 31.7. The monoisotopic (exact) mass is 1660 g/mol. The van der Waals surface area contributed by atoms with Crippen LogP contribution in [0, 0.1) is 6.92 Å². The van der Waals surface area contributed by atoms with E-state index in [9.17, 15) is 0 Å². The minimum Gasteiger partial charge on any atom is -0.455 e. The molecule has 0 bridgehead atoms. The molecular formula is C122H85N7O. The van der Waals surface area contributed by atoms with E-state index in [1.165, 1.54) is 115 Å². The summed E-state index contributed by atoms with van der Waals surface area (Å²) in [5.74, 6) is 3.93. The van der Waals surface area contributed by atoms with Crippen LogP contribution < -0.4 is 0 Å². The third-order valence-electron chi connectivity index (χ3n) is 26.4. The average molecular weight is 1670 g/mol. The fourth-order valence-electron chi connectivity index (χ4n) is 19.9. The summed E-state index contributed by atoms with van der Waals surface area (Å²) in [6, 6.07) is 150. The number of nitrogens with zero attached hydrogens (tertiary/aromatic N) is 7. The fourth-order valence-corrected chi connectivity index (χ4v) is 19.9. The second-order valence-corrected chi connectivity index (χ2v) is 35.0. The van der Waals surface area contributed by atoms with Crippen molar-refractivity contribution >= 4 is 75.8 Å². The first kappa shape index (κ1) is 78.2. The Morgan fingerprint density at radius 3 is 1.30 bits per heavy atom. The highest BCUT2D eigenvalue weighted by Gasteiger charge is 2.39. The molecule has 2 aliphatic rings. The Hall–Kier alpha value is -16.6. The highest BCUT2D eigenvalue weighted by molar-refractivity contribution is 6.15. The molecule has 19 aromatic carbocycles. The molecule has 0 unspecified atom stereocenters. The van der Waals surface area contributed by atoms with E-state index in [0.717, 1.165) is 99.7 Å². The van der Waals surface area contributed by atoms with Gasteiger partial charge in [0.15, 0.2) is 34.9 Å². The normalized spacial score (nSPS) is 12.6. The number of furan rings is 1. The van der Waals surface area contributed by atoms with Crippen LogP contribution in [0.25, 0.3) is 222 Å². The summed E-state index contributed by atoms with van der Waals surface area (Å²) in [5.41, 5.74) is 30.4. The van der Waals surface area contributed by atoms with Crippen molar-refractivity contribution in [2.45, 2.75) is 45.4 Å². The molecule has 4 heterocycles. The fraction of sp³-hybridized carbons (Fsp3) is 0.0574. The maximum atomic E-state index is 6.59. The van der Waals surface area contributed by atoms with Crippen molar-refractivity contribution in [1.82, 2.24) is 34.9 Å². The maximum Gasteiger partial charge on any atom is 0.164 e. The first-order chi connectivity index (χ1) is 63.8. The summed E-state index contributed by atoms with van der Waals surface area (Å²) in [5, 5.41) is 14.1. The number of hydrogen-bond donors (Lipinski definition) is 0. The van der Waals surface area contributed by atoms with Gasteiger partial charge < -0.3 is 4.42 Å². The molecule has 0 saturated heterocycles. The summed E-state index contributed by atoms with van der Waals surface area (Å²) < 4.78 is 6.59. The van der Waals surface area contributed by atoms with E-state index in [1.807, 2.05) is 72.8 Å². The average Bonchev–Trinajstić information content (AvgIpc) is 1.57. The molecule has 23 aromatic rings. The van der Waals surface area contributed by atoms with Gasteiger partial charge in [-0.05, 0) is 170 Å². The van der Waals surface area contributed by atoms with Gasteiger partial charge in [0.05, 0.1) is 11.4 Å². The Labute approximate surface area is 754 Å². The van der Waals surface area contributed by atoms with Crippen molar-refractivity contribution in [3.63, 3.8) is 0 Å². The van der Waals surface area contributed by atoms with Gasteiger partial charge in [-0.1, -0.05) is 415 Å². The van der Waals surface area contributed by atoms with Crippen LogP contribution in [0.3, 0.4) is 0 Å². The Morgan fingerprint density at radius 1 is 0.200 bits per heavy atom. The van der Waals surface area contributed by atoms with E-state index < -0.39 is 0 Å². The number of fused-ring (bicyclic) bond motifs is 16. The van der Waals surface area contributed by atoms with Crippen LogP contribution in [0.4, 0.5) is 0 Å². The molecule has 0 amide bonds. The first-order valence-electron chi connectivity index (χ1n) is 44.5.